The first kappa shape index (κ1) is 18.8. The van der Waals surface area contributed by atoms with Gasteiger partial charge in [0.05, 0.1) is 17.7 Å². The van der Waals surface area contributed by atoms with Crippen LogP contribution in [-0.4, -0.2) is 66.1 Å². The van der Waals surface area contributed by atoms with Crippen LogP contribution in [0.4, 0.5) is 10.6 Å². The fourth-order valence-corrected chi connectivity index (χ4v) is 3.69. The van der Waals surface area contributed by atoms with Crippen molar-refractivity contribution in [3.8, 4) is 0 Å². The molecule has 2 saturated heterocycles. The molecule has 2 aliphatic rings. The molecular formula is C18H25ClN4O3. The van der Waals surface area contributed by atoms with Crippen LogP contribution in [0.15, 0.2) is 12.3 Å². The number of rotatable bonds is 3. The second-order valence-electron chi connectivity index (χ2n) is 6.78. The largest absolute Gasteiger partial charge is 0.453 e. The summed E-state index contributed by atoms with van der Waals surface area (Å²) >= 11 is 6.35. The van der Waals surface area contributed by atoms with Gasteiger partial charge in [-0.2, -0.15) is 0 Å². The second kappa shape index (κ2) is 8.58. The van der Waals surface area contributed by atoms with Crippen LogP contribution in [0.5, 0.6) is 0 Å². The van der Waals surface area contributed by atoms with Gasteiger partial charge in [0, 0.05) is 38.4 Å². The van der Waals surface area contributed by atoms with E-state index < -0.39 is 0 Å². The number of anilines is 1. The van der Waals surface area contributed by atoms with E-state index in [4.69, 9.17) is 16.3 Å². The Morgan fingerprint density at radius 1 is 1.15 bits per heavy atom. The van der Waals surface area contributed by atoms with E-state index in [1.54, 1.807) is 17.2 Å². The molecule has 0 atom stereocenters. The van der Waals surface area contributed by atoms with Crippen molar-refractivity contribution in [3.63, 3.8) is 0 Å². The number of carbonyl (C=O) groups excluding carboxylic acids is 2. The van der Waals surface area contributed by atoms with Crippen molar-refractivity contribution >= 4 is 29.4 Å². The Hall–Kier alpha value is -2.02. The third-order valence-corrected chi connectivity index (χ3v) is 5.29. The minimum Gasteiger partial charge on any atom is -0.453 e. The normalized spacial score (nSPS) is 18.5. The standard InChI is InChI=1S/C18H25ClN4O3/c1-26-18(25)23-9-5-14(6-10-23)21-16-15(19)11-13(12-20-16)17(24)22-7-3-2-4-8-22/h11-12,14H,2-10H2,1H3,(H,20,21). The molecular weight excluding hydrogens is 356 g/mol. The van der Waals surface area contributed by atoms with Crippen molar-refractivity contribution in [2.24, 2.45) is 0 Å². The Kier molecular flexibility index (Phi) is 6.19. The molecule has 2 fully saturated rings. The summed E-state index contributed by atoms with van der Waals surface area (Å²) in [6, 6.07) is 1.88. The van der Waals surface area contributed by atoms with Crippen LogP contribution < -0.4 is 5.32 Å². The molecule has 1 aromatic heterocycles. The summed E-state index contributed by atoms with van der Waals surface area (Å²) in [5.74, 6) is 0.579. The van der Waals surface area contributed by atoms with Crippen LogP contribution in [0.25, 0.3) is 0 Å². The lowest BCUT2D eigenvalue weighted by Gasteiger charge is -2.31. The molecule has 26 heavy (non-hydrogen) atoms. The van der Waals surface area contributed by atoms with Gasteiger partial charge in [0.25, 0.3) is 5.91 Å². The lowest BCUT2D eigenvalue weighted by Crippen LogP contribution is -2.42. The zero-order chi connectivity index (χ0) is 18.5. The highest BCUT2D eigenvalue weighted by atomic mass is 35.5. The molecule has 3 rings (SSSR count). The maximum absolute atomic E-state index is 12.5. The van der Waals surface area contributed by atoms with Crippen molar-refractivity contribution in [1.82, 2.24) is 14.8 Å². The second-order valence-corrected chi connectivity index (χ2v) is 7.19. The van der Waals surface area contributed by atoms with Gasteiger partial charge in [-0.1, -0.05) is 11.6 Å². The number of methoxy groups -OCH3 is 1. The Morgan fingerprint density at radius 2 is 1.85 bits per heavy atom. The third kappa shape index (κ3) is 4.38. The Morgan fingerprint density at radius 3 is 2.46 bits per heavy atom. The summed E-state index contributed by atoms with van der Waals surface area (Å²) in [4.78, 5) is 32.0. The molecule has 3 heterocycles. The predicted octanol–water partition coefficient (Wildman–Crippen LogP) is 3.00. The van der Waals surface area contributed by atoms with Crippen molar-refractivity contribution in [1.29, 1.82) is 0 Å². The first-order valence-electron chi connectivity index (χ1n) is 9.12. The number of carbonyl (C=O) groups is 2. The highest BCUT2D eigenvalue weighted by molar-refractivity contribution is 6.33. The number of aromatic nitrogens is 1. The lowest BCUT2D eigenvalue weighted by molar-refractivity contribution is 0.0724. The summed E-state index contributed by atoms with van der Waals surface area (Å²) in [6.45, 7) is 2.87. The molecule has 2 amide bonds. The van der Waals surface area contributed by atoms with E-state index >= 15 is 0 Å². The van der Waals surface area contributed by atoms with Gasteiger partial charge in [-0.25, -0.2) is 9.78 Å². The van der Waals surface area contributed by atoms with Crippen LogP contribution in [0, 0.1) is 0 Å². The van der Waals surface area contributed by atoms with Gasteiger partial charge >= 0.3 is 6.09 Å². The maximum atomic E-state index is 12.5. The van der Waals surface area contributed by atoms with Crippen LogP contribution in [0.2, 0.25) is 5.02 Å². The van der Waals surface area contributed by atoms with Crippen LogP contribution in [0.3, 0.4) is 0 Å². The fraction of sp³-hybridized carbons (Fsp3) is 0.611. The van der Waals surface area contributed by atoms with Gasteiger partial charge in [0.2, 0.25) is 0 Å². The molecule has 0 radical (unpaired) electrons. The Balaban J connectivity index is 1.58. The summed E-state index contributed by atoms with van der Waals surface area (Å²) in [5.41, 5.74) is 0.531. The predicted molar refractivity (Wildman–Crippen MR) is 99.6 cm³/mol. The maximum Gasteiger partial charge on any atom is 0.409 e. The average molecular weight is 381 g/mol. The van der Waals surface area contributed by atoms with Crippen molar-refractivity contribution in [2.75, 3.05) is 38.6 Å². The van der Waals surface area contributed by atoms with Gasteiger partial charge < -0.3 is 19.9 Å². The van der Waals surface area contributed by atoms with Crippen molar-refractivity contribution in [2.45, 2.75) is 38.1 Å². The Labute approximate surface area is 158 Å². The topological polar surface area (TPSA) is 74.8 Å². The zero-order valence-electron chi connectivity index (χ0n) is 15.0. The molecule has 8 heteroatoms. The van der Waals surface area contributed by atoms with Gasteiger partial charge in [0.15, 0.2) is 0 Å². The van der Waals surface area contributed by atoms with Crippen molar-refractivity contribution < 1.29 is 14.3 Å². The minimum absolute atomic E-state index is 0.00274. The number of hydrogen-bond acceptors (Lipinski definition) is 5. The van der Waals surface area contributed by atoms with Gasteiger partial charge in [0.1, 0.15) is 5.82 Å². The van der Waals surface area contributed by atoms with E-state index in [0.717, 1.165) is 38.8 Å². The summed E-state index contributed by atoms with van der Waals surface area (Å²) in [7, 11) is 1.39. The van der Waals surface area contributed by atoms with E-state index in [-0.39, 0.29) is 18.0 Å². The van der Waals surface area contributed by atoms with Gasteiger partial charge in [-0.15, -0.1) is 0 Å². The third-order valence-electron chi connectivity index (χ3n) is 5.00. The molecule has 0 aliphatic carbocycles. The summed E-state index contributed by atoms with van der Waals surface area (Å²) < 4.78 is 4.75. The molecule has 0 unspecified atom stereocenters. The molecule has 7 nitrogen and oxygen atoms in total. The van der Waals surface area contributed by atoms with Crippen LogP contribution >= 0.6 is 11.6 Å². The van der Waals surface area contributed by atoms with E-state index in [1.807, 2.05) is 4.90 Å². The molecule has 1 aromatic rings. The fourth-order valence-electron chi connectivity index (χ4n) is 3.47. The number of amides is 2. The highest BCUT2D eigenvalue weighted by Gasteiger charge is 2.24. The lowest BCUT2D eigenvalue weighted by atomic mass is 10.1. The Bertz CT molecular complexity index is 656. The highest BCUT2D eigenvalue weighted by Crippen LogP contribution is 2.24. The zero-order valence-corrected chi connectivity index (χ0v) is 15.8. The number of nitrogens with zero attached hydrogens (tertiary/aromatic N) is 3. The van der Waals surface area contributed by atoms with E-state index in [9.17, 15) is 9.59 Å². The number of halogens is 1. The van der Waals surface area contributed by atoms with E-state index in [2.05, 4.69) is 10.3 Å². The van der Waals surface area contributed by atoms with E-state index in [1.165, 1.54) is 13.5 Å². The van der Waals surface area contributed by atoms with Crippen LogP contribution in [-0.2, 0) is 4.74 Å². The van der Waals surface area contributed by atoms with E-state index in [0.29, 0.717) is 29.5 Å². The monoisotopic (exact) mass is 380 g/mol. The molecule has 2 aliphatic heterocycles. The van der Waals surface area contributed by atoms with Crippen LogP contribution in [0.1, 0.15) is 42.5 Å². The first-order valence-corrected chi connectivity index (χ1v) is 9.50. The molecule has 0 spiro atoms. The number of ether oxygens (including phenoxy) is 1. The average Bonchev–Trinajstić information content (AvgIpc) is 2.69. The molecule has 0 bridgehead atoms. The smallest absolute Gasteiger partial charge is 0.409 e. The molecule has 142 valence electrons. The minimum atomic E-state index is -0.291. The number of hydrogen-bond donors (Lipinski definition) is 1. The molecule has 0 saturated carbocycles. The molecule has 1 N–H and O–H groups in total. The number of piperidine rings is 2. The number of likely N-dealkylation sites (tertiary alicyclic amines) is 2. The quantitative estimate of drug-likeness (QED) is 0.872. The molecule has 0 aromatic carbocycles. The van der Waals surface area contributed by atoms with Gasteiger partial charge in [-0.05, 0) is 38.2 Å². The van der Waals surface area contributed by atoms with Gasteiger partial charge in [-0.3, -0.25) is 4.79 Å². The summed E-state index contributed by atoms with van der Waals surface area (Å²) in [6.07, 6.45) is 6.17. The SMILES string of the molecule is COC(=O)N1CCC(Nc2ncc(C(=O)N3CCCCC3)cc2Cl)CC1. The number of nitrogens with one attached hydrogen (secondary N) is 1. The number of pyridine rings is 1. The van der Waals surface area contributed by atoms with Crippen molar-refractivity contribution in [3.05, 3.63) is 22.8 Å². The first-order chi connectivity index (χ1) is 12.6. The summed E-state index contributed by atoms with van der Waals surface area (Å²) in [5, 5.41) is 3.77.